The summed E-state index contributed by atoms with van der Waals surface area (Å²) in [5.74, 6) is 1.61. The van der Waals surface area contributed by atoms with Gasteiger partial charge >= 0.3 is 0 Å². The SMILES string of the molecule is C[C@]1(O)CC[C@@](CN)(c2ccc3c(c2)OCO3)CC1. The van der Waals surface area contributed by atoms with Gasteiger partial charge in [-0.15, -0.1) is 0 Å². The van der Waals surface area contributed by atoms with Crippen molar-refractivity contribution in [2.45, 2.75) is 43.6 Å². The quantitative estimate of drug-likeness (QED) is 0.856. The summed E-state index contributed by atoms with van der Waals surface area (Å²) in [6.45, 7) is 2.80. The molecule has 0 unspecified atom stereocenters. The van der Waals surface area contributed by atoms with Crippen LogP contribution < -0.4 is 15.2 Å². The molecule has 0 amide bonds. The second-order valence-electron chi connectivity index (χ2n) is 6.05. The zero-order valence-corrected chi connectivity index (χ0v) is 11.3. The van der Waals surface area contributed by atoms with Crippen LogP contribution in [-0.4, -0.2) is 24.0 Å². The number of benzene rings is 1. The van der Waals surface area contributed by atoms with Crippen LogP contribution in [0.3, 0.4) is 0 Å². The third-order valence-corrected chi connectivity index (χ3v) is 4.66. The van der Waals surface area contributed by atoms with Crippen LogP contribution in [0.15, 0.2) is 18.2 Å². The van der Waals surface area contributed by atoms with Crippen molar-refractivity contribution < 1.29 is 14.6 Å². The van der Waals surface area contributed by atoms with E-state index in [0.717, 1.165) is 37.2 Å². The standard InChI is InChI=1S/C15H21NO3/c1-14(17)4-6-15(9-16,7-5-14)11-2-3-12-13(8-11)19-10-18-12/h2-3,8,17H,4-7,9-10,16H2,1H3/t14-,15+. The molecule has 0 radical (unpaired) electrons. The molecule has 1 fully saturated rings. The van der Waals surface area contributed by atoms with Crippen molar-refractivity contribution in [3.05, 3.63) is 23.8 Å². The molecule has 0 saturated heterocycles. The van der Waals surface area contributed by atoms with Crippen molar-refractivity contribution in [2.75, 3.05) is 13.3 Å². The van der Waals surface area contributed by atoms with Gasteiger partial charge in [0.05, 0.1) is 5.60 Å². The molecule has 0 atom stereocenters. The zero-order chi connectivity index (χ0) is 13.5. The lowest BCUT2D eigenvalue weighted by Gasteiger charge is -2.42. The molecule has 0 spiro atoms. The lowest BCUT2D eigenvalue weighted by atomic mass is 9.65. The maximum Gasteiger partial charge on any atom is 0.231 e. The molecule has 1 aromatic carbocycles. The highest BCUT2D eigenvalue weighted by molar-refractivity contribution is 5.47. The van der Waals surface area contributed by atoms with Crippen molar-refractivity contribution in [2.24, 2.45) is 5.73 Å². The molecular weight excluding hydrogens is 242 g/mol. The van der Waals surface area contributed by atoms with Crippen molar-refractivity contribution in [1.29, 1.82) is 0 Å². The van der Waals surface area contributed by atoms with Gasteiger partial charge in [0, 0.05) is 12.0 Å². The lowest BCUT2D eigenvalue weighted by Crippen LogP contribution is -2.43. The van der Waals surface area contributed by atoms with Crippen molar-refractivity contribution in [3.63, 3.8) is 0 Å². The first-order chi connectivity index (χ1) is 9.05. The number of aliphatic hydroxyl groups is 1. The second kappa shape index (κ2) is 4.39. The fourth-order valence-electron chi connectivity index (χ4n) is 3.10. The number of fused-ring (bicyclic) bond motifs is 1. The number of nitrogens with two attached hydrogens (primary N) is 1. The smallest absolute Gasteiger partial charge is 0.231 e. The molecular formula is C15H21NO3. The summed E-state index contributed by atoms with van der Waals surface area (Å²) in [5, 5.41) is 10.1. The summed E-state index contributed by atoms with van der Waals surface area (Å²) in [6.07, 6.45) is 3.41. The molecule has 3 rings (SSSR count). The van der Waals surface area contributed by atoms with Crippen LogP contribution in [0.5, 0.6) is 11.5 Å². The van der Waals surface area contributed by atoms with E-state index in [1.54, 1.807) is 0 Å². The molecule has 4 nitrogen and oxygen atoms in total. The Balaban J connectivity index is 1.90. The number of ether oxygens (including phenoxy) is 2. The molecule has 4 heteroatoms. The summed E-state index contributed by atoms with van der Waals surface area (Å²) in [4.78, 5) is 0. The third-order valence-electron chi connectivity index (χ3n) is 4.66. The summed E-state index contributed by atoms with van der Waals surface area (Å²) in [6, 6.07) is 6.09. The van der Waals surface area contributed by atoms with E-state index < -0.39 is 5.60 Å². The maximum absolute atomic E-state index is 10.1. The monoisotopic (exact) mass is 263 g/mol. The summed E-state index contributed by atoms with van der Waals surface area (Å²) >= 11 is 0. The summed E-state index contributed by atoms with van der Waals surface area (Å²) in [7, 11) is 0. The summed E-state index contributed by atoms with van der Waals surface area (Å²) in [5.41, 5.74) is 6.67. The Morgan fingerprint density at radius 1 is 1.16 bits per heavy atom. The van der Waals surface area contributed by atoms with Crippen molar-refractivity contribution >= 4 is 0 Å². The maximum atomic E-state index is 10.1. The largest absolute Gasteiger partial charge is 0.454 e. The Morgan fingerprint density at radius 2 is 1.84 bits per heavy atom. The first-order valence-corrected chi connectivity index (χ1v) is 6.87. The number of hydrogen-bond acceptors (Lipinski definition) is 4. The minimum atomic E-state index is -0.547. The third kappa shape index (κ3) is 2.19. The van der Waals surface area contributed by atoms with Crippen LogP contribution >= 0.6 is 0 Å². The van der Waals surface area contributed by atoms with Crippen LogP contribution in [0.25, 0.3) is 0 Å². The molecule has 104 valence electrons. The Bertz CT molecular complexity index is 474. The highest BCUT2D eigenvalue weighted by Gasteiger charge is 2.40. The molecule has 0 bridgehead atoms. The molecule has 2 aliphatic rings. The van der Waals surface area contributed by atoms with Crippen LogP contribution in [0.1, 0.15) is 38.2 Å². The van der Waals surface area contributed by atoms with Gasteiger partial charge < -0.3 is 20.3 Å². The number of rotatable bonds is 2. The first kappa shape index (κ1) is 12.8. The highest BCUT2D eigenvalue weighted by atomic mass is 16.7. The molecule has 1 aliphatic carbocycles. The van der Waals surface area contributed by atoms with Gasteiger partial charge in [0.15, 0.2) is 11.5 Å². The average Bonchev–Trinajstić information content (AvgIpc) is 2.87. The Kier molecular flexibility index (Phi) is 2.95. The minimum Gasteiger partial charge on any atom is -0.454 e. The van der Waals surface area contributed by atoms with Gasteiger partial charge in [-0.3, -0.25) is 0 Å². The first-order valence-electron chi connectivity index (χ1n) is 6.87. The lowest BCUT2D eigenvalue weighted by molar-refractivity contribution is 0.00142. The molecule has 0 aromatic heterocycles. The van der Waals surface area contributed by atoms with Crippen LogP contribution in [-0.2, 0) is 5.41 Å². The van der Waals surface area contributed by atoms with Crippen LogP contribution in [0.4, 0.5) is 0 Å². The van der Waals surface area contributed by atoms with Gasteiger partial charge in [0.2, 0.25) is 6.79 Å². The Hall–Kier alpha value is -1.26. The molecule has 19 heavy (non-hydrogen) atoms. The predicted molar refractivity (Wildman–Crippen MR) is 72.4 cm³/mol. The van der Waals surface area contributed by atoms with Gasteiger partial charge in [-0.2, -0.15) is 0 Å². The van der Waals surface area contributed by atoms with Crippen LogP contribution in [0, 0.1) is 0 Å². The summed E-state index contributed by atoms with van der Waals surface area (Å²) < 4.78 is 10.8. The van der Waals surface area contributed by atoms with E-state index in [2.05, 4.69) is 12.1 Å². The fourth-order valence-corrected chi connectivity index (χ4v) is 3.10. The van der Waals surface area contributed by atoms with Crippen molar-refractivity contribution in [3.8, 4) is 11.5 Å². The fraction of sp³-hybridized carbons (Fsp3) is 0.600. The molecule has 1 aliphatic heterocycles. The van der Waals surface area contributed by atoms with Gasteiger partial charge in [-0.1, -0.05) is 6.07 Å². The van der Waals surface area contributed by atoms with Crippen molar-refractivity contribution in [1.82, 2.24) is 0 Å². The van der Waals surface area contributed by atoms with Gasteiger partial charge in [0.1, 0.15) is 0 Å². The molecule has 3 N–H and O–H groups in total. The van der Waals surface area contributed by atoms with Crippen LogP contribution in [0.2, 0.25) is 0 Å². The topological polar surface area (TPSA) is 64.7 Å². The van der Waals surface area contributed by atoms with Gasteiger partial charge in [-0.05, 0) is 50.3 Å². The zero-order valence-electron chi connectivity index (χ0n) is 11.3. The molecule has 1 aromatic rings. The number of hydrogen-bond donors (Lipinski definition) is 2. The van der Waals surface area contributed by atoms with E-state index in [4.69, 9.17) is 15.2 Å². The van der Waals surface area contributed by atoms with E-state index in [0.29, 0.717) is 13.3 Å². The van der Waals surface area contributed by atoms with E-state index in [9.17, 15) is 5.11 Å². The van der Waals surface area contributed by atoms with E-state index in [1.807, 2.05) is 13.0 Å². The normalized spacial score (nSPS) is 33.4. The minimum absolute atomic E-state index is 0.0385. The predicted octanol–water partition coefficient (Wildman–Crippen LogP) is 1.94. The van der Waals surface area contributed by atoms with Gasteiger partial charge in [-0.25, -0.2) is 0 Å². The van der Waals surface area contributed by atoms with Gasteiger partial charge in [0.25, 0.3) is 0 Å². The average molecular weight is 263 g/mol. The van der Waals surface area contributed by atoms with E-state index in [-0.39, 0.29) is 5.41 Å². The Morgan fingerprint density at radius 3 is 2.53 bits per heavy atom. The second-order valence-corrected chi connectivity index (χ2v) is 6.05. The van der Waals surface area contributed by atoms with E-state index >= 15 is 0 Å². The molecule has 1 heterocycles. The molecule has 1 saturated carbocycles. The van der Waals surface area contributed by atoms with E-state index in [1.165, 1.54) is 5.56 Å². The Labute approximate surface area is 113 Å². The highest BCUT2D eigenvalue weighted by Crippen LogP contribution is 2.45.